The molecule has 1 N–H and O–H groups in total. The molecule has 0 atom stereocenters. The third-order valence-electron chi connectivity index (χ3n) is 4.96. The highest BCUT2D eigenvalue weighted by atomic mass is 35.5. The summed E-state index contributed by atoms with van der Waals surface area (Å²) in [6.07, 6.45) is 2.66. The zero-order valence-electron chi connectivity index (χ0n) is 14.1. The average molecular weight is 386 g/mol. The standard InChI is InChI=1S/C16H20ClN3O4S/c1-19(2)25(23,24)13-8-11(4-5-12(13)17)15(22)20-9-14(21)18-10-16(20)6-3-7-16/h4-5,8H,3,6-7,9-10H2,1-2H3,(H,18,21). The molecule has 3 rings (SSSR count). The van der Waals surface area contributed by atoms with E-state index in [0.29, 0.717) is 6.54 Å². The molecule has 1 aromatic rings. The zero-order chi connectivity index (χ0) is 18.4. The summed E-state index contributed by atoms with van der Waals surface area (Å²) in [5.74, 6) is -0.553. The predicted molar refractivity (Wildman–Crippen MR) is 93.0 cm³/mol. The summed E-state index contributed by atoms with van der Waals surface area (Å²) in [6, 6.07) is 4.19. The largest absolute Gasteiger partial charge is 0.352 e. The summed E-state index contributed by atoms with van der Waals surface area (Å²) in [5, 5.41) is 2.87. The smallest absolute Gasteiger partial charge is 0.254 e. The van der Waals surface area contributed by atoms with Crippen LogP contribution >= 0.6 is 11.6 Å². The molecule has 136 valence electrons. The predicted octanol–water partition coefficient (Wildman–Crippen LogP) is 1.09. The molecule has 0 bridgehead atoms. The molecule has 1 saturated heterocycles. The first-order valence-electron chi connectivity index (χ1n) is 7.98. The van der Waals surface area contributed by atoms with Gasteiger partial charge in [0.05, 0.1) is 10.6 Å². The minimum absolute atomic E-state index is 0.0166. The second-order valence-corrected chi connectivity index (χ2v) is 9.21. The van der Waals surface area contributed by atoms with Crippen LogP contribution in [-0.4, -0.2) is 62.2 Å². The second kappa shape index (κ2) is 6.26. The number of nitrogens with one attached hydrogen (secondary N) is 1. The summed E-state index contributed by atoms with van der Waals surface area (Å²) in [7, 11) is -0.971. The molecule has 1 aliphatic carbocycles. The Morgan fingerprint density at radius 2 is 2.00 bits per heavy atom. The van der Waals surface area contributed by atoms with Crippen LogP contribution in [0.2, 0.25) is 5.02 Å². The monoisotopic (exact) mass is 385 g/mol. The van der Waals surface area contributed by atoms with Gasteiger partial charge in [-0.2, -0.15) is 0 Å². The van der Waals surface area contributed by atoms with E-state index in [1.54, 1.807) is 4.90 Å². The van der Waals surface area contributed by atoms with Crippen molar-refractivity contribution in [2.24, 2.45) is 0 Å². The lowest BCUT2D eigenvalue weighted by atomic mass is 9.74. The van der Waals surface area contributed by atoms with Gasteiger partial charge in [-0.1, -0.05) is 11.6 Å². The van der Waals surface area contributed by atoms with E-state index in [2.05, 4.69) is 5.32 Å². The number of halogens is 1. The molecule has 2 amide bonds. The van der Waals surface area contributed by atoms with Gasteiger partial charge in [0.1, 0.15) is 11.4 Å². The normalized spacial score (nSPS) is 19.7. The number of carbonyl (C=O) groups excluding carboxylic acids is 2. The highest BCUT2D eigenvalue weighted by Crippen LogP contribution is 2.39. The maximum Gasteiger partial charge on any atom is 0.254 e. The highest BCUT2D eigenvalue weighted by molar-refractivity contribution is 7.89. The van der Waals surface area contributed by atoms with Gasteiger partial charge in [-0.05, 0) is 37.5 Å². The number of hydrogen-bond acceptors (Lipinski definition) is 4. The lowest BCUT2D eigenvalue weighted by molar-refractivity contribution is -0.129. The molecule has 0 aromatic heterocycles. The molecule has 1 heterocycles. The summed E-state index contributed by atoms with van der Waals surface area (Å²) in [4.78, 5) is 26.2. The Labute approximate surface area is 152 Å². The summed E-state index contributed by atoms with van der Waals surface area (Å²) in [6.45, 7) is 0.422. The third-order valence-corrected chi connectivity index (χ3v) is 7.25. The minimum atomic E-state index is -3.77. The van der Waals surface area contributed by atoms with Crippen LogP contribution in [0, 0.1) is 0 Å². The van der Waals surface area contributed by atoms with Crippen molar-refractivity contribution >= 4 is 33.4 Å². The third kappa shape index (κ3) is 3.02. The molecule has 2 aliphatic rings. The van der Waals surface area contributed by atoms with E-state index >= 15 is 0 Å². The van der Waals surface area contributed by atoms with Crippen molar-refractivity contribution in [3.63, 3.8) is 0 Å². The molecule has 7 nitrogen and oxygen atoms in total. The van der Waals surface area contributed by atoms with Crippen molar-refractivity contribution in [2.45, 2.75) is 29.7 Å². The first kappa shape index (κ1) is 18.2. The number of sulfonamides is 1. The molecule has 0 radical (unpaired) electrons. The number of rotatable bonds is 3. The van der Waals surface area contributed by atoms with Gasteiger partial charge < -0.3 is 10.2 Å². The van der Waals surface area contributed by atoms with Crippen molar-refractivity contribution in [3.05, 3.63) is 28.8 Å². The van der Waals surface area contributed by atoms with E-state index in [4.69, 9.17) is 11.6 Å². The van der Waals surface area contributed by atoms with E-state index in [9.17, 15) is 18.0 Å². The number of benzene rings is 1. The van der Waals surface area contributed by atoms with E-state index < -0.39 is 10.0 Å². The number of nitrogens with zero attached hydrogens (tertiary/aromatic N) is 2. The quantitative estimate of drug-likeness (QED) is 0.843. The lowest BCUT2D eigenvalue weighted by Gasteiger charge is -2.52. The van der Waals surface area contributed by atoms with Crippen LogP contribution in [-0.2, 0) is 14.8 Å². The molecule has 1 aliphatic heterocycles. The van der Waals surface area contributed by atoms with Gasteiger partial charge in [-0.15, -0.1) is 0 Å². The van der Waals surface area contributed by atoms with Crippen LogP contribution in [0.5, 0.6) is 0 Å². The molecule has 9 heteroatoms. The van der Waals surface area contributed by atoms with Crippen LogP contribution in [0.3, 0.4) is 0 Å². The van der Waals surface area contributed by atoms with Crippen molar-refractivity contribution in [2.75, 3.05) is 27.2 Å². The van der Waals surface area contributed by atoms with Crippen LogP contribution in [0.25, 0.3) is 0 Å². The minimum Gasteiger partial charge on any atom is -0.352 e. The molecule has 1 aromatic carbocycles. The van der Waals surface area contributed by atoms with Crippen LogP contribution in [0.4, 0.5) is 0 Å². The summed E-state index contributed by atoms with van der Waals surface area (Å²) >= 11 is 6.04. The SMILES string of the molecule is CN(C)S(=O)(=O)c1cc(C(=O)N2CC(=O)NCC23CCC3)ccc1Cl. The van der Waals surface area contributed by atoms with Gasteiger partial charge in [0, 0.05) is 26.2 Å². The van der Waals surface area contributed by atoms with Gasteiger partial charge in [-0.25, -0.2) is 12.7 Å². The molecule has 2 fully saturated rings. The fraction of sp³-hybridized carbons (Fsp3) is 0.500. The maximum atomic E-state index is 13.0. The molecule has 1 saturated carbocycles. The van der Waals surface area contributed by atoms with Crippen LogP contribution in [0.15, 0.2) is 23.1 Å². The first-order valence-corrected chi connectivity index (χ1v) is 9.80. The molecule has 25 heavy (non-hydrogen) atoms. The lowest BCUT2D eigenvalue weighted by Crippen LogP contribution is -2.67. The van der Waals surface area contributed by atoms with Crippen molar-refractivity contribution < 1.29 is 18.0 Å². The van der Waals surface area contributed by atoms with Crippen LogP contribution < -0.4 is 5.32 Å². The molecular weight excluding hydrogens is 366 g/mol. The zero-order valence-corrected chi connectivity index (χ0v) is 15.7. The fourth-order valence-corrected chi connectivity index (χ4v) is 4.62. The van der Waals surface area contributed by atoms with Gasteiger partial charge in [0.25, 0.3) is 5.91 Å². The second-order valence-electron chi connectivity index (χ2n) is 6.68. The molecule has 1 spiro atoms. The fourth-order valence-electron chi connectivity index (χ4n) is 3.23. The Morgan fingerprint density at radius 1 is 1.32 bits per heavy atom. The Hall–Kier alpha value is -1.64. The van der Waals surface area contributed by atoms with Gasteiger partial charge in [0.15, 0.2) is 0 Å². The van der Waals surface area contributed by atoms with Gasteiger partial charge in [0.2, 0.25) is 15.9 Å². The Kier molecular flexibility index (Phi) is 4.55. The average Bonchev–Trinajstić information content (AvgIpc) is 2.52. The van der Waals surface area contributed by atoms with Crippen molar-refractivity contribution in [1.82, 2.24) is 14.5 Å². The number of piperazine rings is 1. The van der Waals surface area contributed by atoms with Crippen LogP contribution in [0.1, 0.15) is 29.6 Å². The van der Waals surface area contributed by atoms with Crippen molar-refractivity contribution in [3.8, 4) is 0 Å². The van der Waals surface area contributed by atoms with Gasteiger partial charge >= 0.3 is 0 Å². The van der Waals surface area contributed by atoms with E-state index in [1.807, 2.05) is 0 Å². The van der Waals surface area contributed by atoms with E-state index in [-0.39, 0.29) is 39.4 Å². The van der Waals surface area contributed by atoms with E-state index in [0.717, 1.165) is 23.6 Å². The highest BCUT2D eigenvalue weighted by Gasteiger charge is 2.48. The molecular formula is C16H20ClN3O4S. The number of carbonyl (C=O) groups is 2. The molecule has 0 unspecified atom stereocenters. The summed E-state index contributed by atoms with van der Waals surface area (Å²) < 4.78 is 25.9. The Bertz CT molecular complexity index is 834. The van der Waals surface area contributed by atoms with E-state index in [1.165, 1.54) is 32.3 Å². The van der Waals surface area contributed by atoms with Crippen molar-refractivity contribution in [1.29, 1.82) is 0 Å². The number of amides is 2. The maximum absolute atomic E-state index is 13.0. The van der Waals surface area contributed by atoms with Gasteiger partial charge in [-0.3, -0.25) is 9.59 Å². The summed E-state index contributed by atoms with van der Waals surface area (Å²) in [5.41, 5.74) is -0.142. The number of hydrogen-bond donors (Lipinski definition) is 1. The Balaban J connectivity index is 1.99. The first-order chi connectivity index (χ1) is 11.7. The Morgan fingerprint density at radius 3 is 2.56 bits per heavy atom. The topological polar surface area (TPSA) is 86.8 Å².